The first-order chi connectivity index (χ1) is 8.58. The number of thiophene rings is 1. The molecular weight excluding hydrogens is 292 g/mol. The molecule has 0 radical (unpaired) electrons. The summed E-state index contributed by atoms with van der Waals surface area (Å²) in [6.07, 6.45) is 3.37. The van der Waals surface area contributed by atoms with Crippen molar-refractivity contribution < 1.29 is 8.42 Å². The number of nitrogens with zero attached hydrogens (tertiary/aromatic N) is 1. The zero-order chi connectivity index (χ0) is 13.0. The highest BCUT2D eigenvalue weighted by molar-refractivity contribution is 7.91. The Balaban J connectivity index is 1.75. The van der Waals surface area contributed by atoms with Crippen LogP contribution < -0.4 is 4.72 Å². The molecule has 0 aromatic carbocycles. The van der Waals surface area contributed by atoms with E-state index in [1.165, 1.54) is 18.9 Å². The average molecular weight is 309 g/mol. The Morgan fingerprint density at radius 1 is 1.33 bits per heavy atom. The molecule has 1 aromatic heterocycles. The summed E-state index contributed by atoms with van der Waals surface area (Å²) in [5.41, 5.74) is 0. The third-order valence-electron chi connectivity index (χ3n) is 2.96. The normalized spacial score (nSPS) is 17.4. The van der Waals surface area contributed by atoms with Gasteiger partial charge in [-0.25, -0.2) is 13.1 Å². The summed E-state index contributed by atoms with van der Waals surface area (Å²) in [6, 6.07) is 3.14. The summed E-state index contributed by atoms with van der Waals surface area (Å²) in [4.78, 5) is 2.37. The minimum absolute atomic E-state index is 0.286. The van der Waals surface area contributed by atoms with Crippen molar-refractivity contribution in [1.29, 1.82) is 0 Å². The SMILES string of the molecule is O=S(=O)(NCCCN1CCCC1)c1ccc(Cl)s1. The van der Waals surface area contributed by atoms with E-state index >= 15 is 0 Å². The van der Waals surface area contributed by atoms with E-state index in [-0.39, 0.29) is 4.21 Å². The number of hydrogen-bond donors (Lipinski definition) is 1. The van der Waals surface area contributed by atoms with Crippen molar-refractivity contribution in [1.82, 2.24) is 9.62 Å². The maximum Gasteiger partial charge on any atom is 0.250 e. The molecule has 0 saturated carbocycles. The second-order valence-corrected chi connectivity index (χ2v) is 8.07. The summed E-state index contributed by atoms with van der Waals surface area (Å²) in [6.45, 7) is 3.74. The maximum atomic E-state index is 11.9. The van der Waals surface area contributed by atoms with Gasteiger partial charge in [-0.3, -0.25) is 0 Å². The largest absolute Gasteiger partial charge is 0.303 e. The van der Waals surface area contributed by atoms with E-state index in [2.05, 4.69) is 9.62 Å². The predicted octanol–water partition coefficient (Wildman–Crippen LogP) is 2.17. The topological polar surface area (TPSA) is 49.4 Å². The minimum Gasteiger partial charge on any atom is -0.303 e. The molecule has 0 bridgehead atoms. The lowest BCUT2D eigenvalue weighted by atomic mass is 10.4. The van der Waals surface area contributed by atoms with Gasteiger partial charge in [-0.2, -0.15) is 0 Å². The molecule has 0 atom stereocenters. The van der Waals surface area contributed by atoms with E-state index in [9.17, 15) is 8.42 Å². The van der Waals surface area contributed by atoms with Crippen LogP contribution in [0.2, 0.25) is 4.34 Å². The van der Waals surface area contributed by atoms with Crippen LogP contribution >= 0.6 is 22.9 Å². The number of likely N-dealkylation sites (tertiary alicyclic amines) is 1. The fourth-order valence-corrected chi connectivity index (χ4v) is 4.63. The highest BCUT2D eigenvalue weighted by atomic mass is 35.5. The van der Waals surface area contributed by atoms with Crippen molar-refractivity contribution in [2.75, 3.05) is 26.2 Å². The van der Waals surface area contributed by atoms with Gasteiger partial charge in [-0.15, -0.1) is 11.3 Å². The Labute approximate surface area is 117 Å². The Hall–Kier alpha value is -0.140. The Bertz CT molecular complexity index is 481. The van der Waals surface area contributed by atoms with Crippen LogP contribution in [0.4, 0.5) is 0 Å². The summed E-state index contributed by atoms with van der Waals surface area (Å²) in [7, 11) is -3.37. The van der Waals surface area contributed by atoms with Crippen LogP contribution in [0.15, 0.2) is 16.3 Å². The van der Waals surface area contributed by atoms with Crippen LogP contribution in [0.25, 0.3) is 0 Å². The predicted molar refractivity (Wildman–Crippen MR) is 74.8 cm³/mol. The molecule has 1 aromatic rings. The molecule has 0 unspecified atom stereocenters. The van der Waals surface area contributed by atoms with Gasteiger partial charge in [0, 0.05) is 6.54 Å². The van der Waals surface area contributed by atoms with Gasteiger partial charge in [0.05, 0.1) is 4.34 Å². The van der Waals surface area contributed by atoms with Gasteiger partial charge in [0.2, 0.25) is 10.0 Å². The molecule has 7 heteroatoms. The van der Waals surface area contributed by atoms with Crippen LogP contribution in [0.5, 0.6) is 0 Å². The van der Waals surface area contributed by atoms with Gasteiger partial charge in [0.15, 0.2) is 0 Å². The van der Waals surface area contributed by atoms with Crippen molar-refractivity contribution in [3.63, 3.8) is 0 Å². The first kappa shape index (κ1) is 14.3. The molecule has 0 spiro atoms. The van der Waals surface area contributed by atoms with Gasteiger partial charge in [-0.1, -0.05) is 11.6 Å². The van der Waals surface area contributed by atoms with Crippen molar-refractivity contribution in [2.24, 2.45) is 0 Å². The van der Waals surface area contributed by atoms with E-state index in [0.29, 0.717) is 10.9 Å². The highest BCUT2D eigenvalue weighted by Crippen LogP contribution is 2.25. The van der Waals surface area contributed by atoms with E-state index in [4.69, 9.17) is 11.6 Å². The lowest BCUT2D eigenvalue weighted by molar-refractivity contribution is 0.334. The number of hydrogen-bond acceptors (Lipinski definition) is 4. The molecule has 1 fully saturated rings. The molecular formula is C11H17ClN2O2S2. The van der Waals surface area contributed by atoms with Gasteiger partial charge in [0.25, 0.3) is 0 Å². The smallest absolute Gasteiger partial charge is 0.250 e. The van der Waals surface area contributed by atoms with Crippen LogP contribution in [-0.4, -0.2) is 39.5 Å². The standard InChI is InChI=1S/C11H17ClN2O2S2/c12-10-4-5-11(17-10)18(15,16)13-6-3-9-14-7-1-2-8-14/h4-5,13H,1-3,6-9H2. The summed E-state index contributed by atoms with van der Waals surface area (Å²) in [5.74, 6) is 0. The maximum absolute atomic E-state index is 11.9. The first-order valence-corrected chi connectivity index (χ1v) is 8.73. The Morgan fingerprint density at radius 3 is 2.67 bits per heavy atom. The number of rotatable bonds is 6. The lowest BCUT2D eigenvalue weighted by Crippen LogP contribution is -2.28. The summed E-state index contributed by atoms with van der Waals surface area (Å²) < 4.78 is 27.1. The van der Waals surface area contributed by atoms with E-state index in [1.54, 1.807) is 6.07 Å². The van der Waals surface area contributed by atoms with Crippen LogP contribution in [0, 0.1) is 0 Å². The highest BCUT2D eigenvalue weighted by Gasteiger charge is 2.16. The third kappa shape index (κ3) is 3.93. The van der Waals surface area contributed by atoms with Gasteiger partial charge < -0.3 is 4.90 Å². The molecule has 18 heavy (non-hydrogen) atoms. The van der Waals surface area contributed by atoms with Crippen molar-refractivity contribution in [3.8, 4) is 0 Å². The zero-order valence-corrected chi connectivity index (χ0v) is 12.5. The number of halogens is 1. The molecule has 1 aliphatic rings. The molecule has 2 heterocycles. The summed E-state index contributed by atoms with van der Waals surface area (Å²) in [5, 5.41) is 0. The Kier molecular flexibility index (Phi) is 5.03. The Morgan fingerprint density at radius 2 is 2.06 bits per heavy atom. The molecule has 4 nitrogen and oxygen atoms in total. The number of sulfonamides is 1. The summed E-state index contributed by atoms with van der Waals surface area (Å²) >= 11 is 6.82. The van der Waals surface area contributed by atoms with Crippen LogP contribution in [0.1, 0.15) is 19.3 Å². The molecule has 0 aliphatic carbocycles. The minimum atomic E-state index is -3.37. The number of nitrogens with one attached hydrogen (secondary N) is 1. The van der Waals surface area contributed by atoms with Gasteiger partial charge in [0.1, 0.15) is 4.21 Å². The van der Waals surface area contributed by atoms with Crippen molar-refractivity contribution in [2.45, 2.75) is 23.5 Å². The van der Waals surface area contributed by atoms with Crippen LogP contribution in [0.3, 0.4) is 0 Å². The fourth-order valence-electron chi connectivity index (χ4n) is 2.03. The van der Waals surface area contributed by atoms with Gasteiger partial charge in [-0.05, 0) is 51.0 Å². The second-order valence-electron chi connectivity index (χ2n) is 4.36. The molecule has 102 valence electrons. The average Bonchev–Trinajstić information content (AvgIpc) is 2.95. The molecule has 2 rings (SSSR count). The van der Waals surface area contributed by atoms with Crippen LogP contribution in [-0.2, 0) is 10.0 Å². The zero-order valence-electron chi connectivity index (χ0n) is 10.1. The van der Waals surface area contributed by atoms with Gasteiger partial charge >= 0.3 is 0 Å². The third-order valence-corrected chi connectivity index (χ3v) is 6.14. The molecule has 1 N–H and O–H groups in total. The van der Waals surface area contributed by atoms with Crippen molar-refractivity contribution >= 4 is 33.0 Å². The molecule has 1 aliphatic heterocycles. The van der Waals surface area contributed by atoms with Crippen molar-refractivity contribution in [3.05, 3.63) is 16.5 Å². The fraction of sp³-hybridized carbons (Fsp3) is 0.636. The second kappa shape index (κ2) is 6.34. The van der Waals surface area contributed by atoms with E-state index < -0.39 is 10.0 Å². The monoisotopic (exact) mass is 308 g/mol. The van der Waals surface area contributed by atoms with E-state index in [1.807, 2.05) is 0 Å². The first-order valence-electron chi connectivity index (χ1n) is 6.05. The molecule has 0 amide bonds. The van der Waals surface area contributed by atoms with E-state index in [0.717, 1.165) is 37.4 Å². The quantitative estimate of drug-likeness (QED) is 0.819. The molecule has 1 saturated heterocycles. The lowest BCUT2D eigenvalue weighted by Gasteiger charge is -2.14.